The Morgan fingerprint density at radius 2 is 1.74 bits per heavy atom. The van der Waals surface area contributed by atoms with Gasteiger partial charge in [0, 0.05) is 19.5 Å². The molecular weight excluding hydrogens is 396 g/mol. The number of nitrogens with zero attached hydrogens (tertiary/aromatic N) is 5. The van der Waals surface area contributed by atoms with Crippen molar-refractivity contribution in [2.45, 2.75) is 59.0 Å². The largest absolute Gasteiger partial charge is 0.425 e. The zero-order chi connectivity index (χ0) is 21.8. The van der Waals surface area contributed by atoms with Crippen molar-refractivity contribution in [2.75, 3.05) is 0 Å². The van der Waals surface area contributed by atoms with Crippen molar-refractivity contribution in [2.24, 2.45) is 0 Å². The van der Waals surface area contributed by atoms with Gasteiger partial charge in [0.2, 0.25) is 11.8 Å². The van der Waals surface area contributed by atoms with Crippen LogP contribution in [0.1, 0.15) is 49.4 Å². The molecule has 0 radical (unpaired) electrons. The fraction of sp³-hybridized carbons (Fsp3) is 0.409. The number of hydrogen-bond donors (Lipinski definition) is 1. The number of hydrogen-bond acceptors (Lipinski definition) is 6. The molecule has 0 spiro atoms. The molecule has 0 saturated carbocycles. The maximum atomic E-state index is 13.0. The van der Waals surface area contributed by atoms with Crippen molar-refractivity contribution < 1.29 is 4.42 Å². The van der Waals surface area contributed by atoms with Crippen LogP contribution in [-0.2, 0) is 25.9 Å². The van der Waals surface area contributed by atoms with Gasteiger partial charge >= 0.3 is 5.69 Å². The first kappa shape index (κ1) is 20.8. The zero-order valence-electron chi connectivity index (χ0n) is 17.8. The van der Waals surface area contributed by atoms with Crippen LogP contribution in [0.5, 0.6) is 0 Å². The zero-order valence-corrected chi connectivity index (χ0v) is 17.8. The average Bonchev–Trinajstić information content (AvgIpc) is 3.37. The summed E-state index contributed by atoms with van der Waals surface area (Å²) in [5.41, 5.74) is 1.23. The molecular formula is C22H26N6O3. The number of imidazole rings is 1. The predicted octanol–water partition coefficient (Wildman–Crippen LogP) is 2.60. The van der Waals surface area contributed by atoms with Crippen LogP contribution >= 0.6 is 0 Å². The maximum absolute atomic E-state index is 13.0. The van der Waals surface area contributed by atoms with Crippen LogP contribution in [0.3, 0.4) is 0 Å². The van der Waals surface area contributed by atoms with Crippen molar-refractivity contribution in [1.29, 1.82) is 0 Å². The molecule has 0 fully saturated rings. The number of benzene rings is 1. The molecule has 9 nitrogen and oxygen atoms in total. The van der Waals surface area contributed by atoms with Gasteiger partial charge < -0.3 is 9.40 Å². The van der Waals surface area contributed by atoms with E-state index in [-0.39, 0.29) is 17.8 Å². The molecule has 4 rings (SSSR count). The normalized spacial score (nSPS) is 11.4. The summed E-state index contributed by atoms with van der Waals surface area (Å²) in [6.45, 7) is 4.64. The number of nitrogens with one attached hydrogen (secondary N) is 1. The third-order valence-electron chi connectivity index (χ3n) is 5.19. The van der Waals surface area contributed by atoms with Gasteiger partial charge in [0.25, 0.3) is 5.56 Å². The second-order valence-corrected chi connectivity index (χ2v) is 7.62. The maximum Gasteiger partial charge on any atom is 0.332 e. The van der Waals surface area contributed by atoms with Crippen molar-refractivity contribution in [1.82, 2.24) is 29.3 Å². The Kier molecular flexibility index (Phi) is 6.11. The summed E-state index contributed by atoms with van der Waals surface area (Å²) in [6, 6.07) is 9.91. The second kappa shape index (κ2) is 9.11. The van der Waals surface area contributed by atoms with Crippen LogP contribution in [0.15, 0.2) is 44.3 Å². The second-order valence-electron chi connectivity index (χ2n) is 7.62. The highest BCUT2D eigenvalue weighted by Crippen LogP contribution is 2.10. The van der Waals surface area contributed by atoms with Crippen LogP contribution in [0.25, 0.3) is 11.2 Å². The highest BCUT2D eigenvalue weighted by Gasteiger charge is 2.16. The Labute approximate surface area is 178 Å². The Morgan fingerprint density at radius 1 is 1.00 bits per heavy atom. The summed E-state index contributed by atoms with van der Waals surface area (Å²) in [4.78, 5) is 33.2. The summed E-state index contributed by atoms with van der Waals surface area (Å²) < 4.78 is 8.59. The van der Waals surface area contributed by atoms with Gasteiger partial charge in [-0.1, -0.05) is 43.7 Å². The molecule has 0 amide bonds. The summed E-state index contributed by atoms with van der Waals surface area (Å²) >= 11 is 0. The fourth-order valence-electron chi connectivity index (χ4n) is 3.62. The molecule has 0 atom stereocenters. The molecule has 0 unspecified atom stereocenters. The van der Waals surface area contributed by atoms with Gasteiger partial charge in [0.15, 0.2) is 5.65 Å². The molecule has 1 N–H and O–H groups in total. The summed E-state index contributed by atoms with van der Waals surface area (Å²) in [5, 5.41) is 8.20. The van der Waals surface area contributed by atoms with Gasteiger partial charge in [0.05, 0.1) is 6.42 Å². The van der Waals surface area contributed by atoms with Gasteiger partial charge in [0.1, 0.15) is 11.3 Å². The molecule has 0 aliphatic carbocycles. The van der Waals surface area contributed by atoms with E-state index in [0.29, 0.717) is 54.6 Å². The number of rotatable bonds is 9. The van der Waals surface area contributed by atoms with E-state index in [4.69, 9.17) is 4.42 Å². The lowest BCUT2D eigenvalue weighted by Crippen LogP contribution is -2.40. The number of H-pyrrole nitrogens is 1. The lowest BCUT2D eigenvalue weighted by molar-refractivity contribution is 0.440. The SMILES string of the molecule is CCCCn1c(=O)n(CCCc2nnc(Cc3ccccc3)o2)c(=O)c2[nH]c(C)nc21. The quantitative estimate of drug-likeness (QED) is 0.444. The standard InChI is InChI=1S/C22H26N6O3/c1-3-4-12-27-20-19(23-15(2)24-20)21(29)28(22(27)30)13-8-11-17-25-26-18(31-17)14-16-9-6-5-7-10-16/h5-7,9-10H,3-4,8,11-14H2,1-2H3,(H,23,24). The Morgan fingerprint density at radius 3 is 2.52 bits per heavy atom. The third kappa shape index (κ3) is 4.50. The number of aryl methyl sites for hydroxylation is 3. The van der Waals surface area contributed by atoms with E-state index in [1.807, 2.05) is 30.3 Å². The van der Waals surface area contributed by atoms with Gasteiger partial charge in [-0.3, -0.25) is 13.9 Å². The van der Waals surface area contributed by atoms with Crippen LogP contribution < -0.4 is 11.2 Å². The Bertz CT molecular complexity index is 1280. The minimum atomic E-state index is -0.344. The average molecular weight is 422 g/mol. The highest BCUT2D eigenvalue weighted by atomic mass is 16.4. The van der Waals surface area contributed by atoms with Crippen LogP contribution in [0, 0.1) is 6.92 Å². The highest BCUT2D eigenvalue weighted by molar-refractivity contribution is 5.69. The van der Waals surface area contributed by atoms with Gasteiger partial charge in [-0.25, -0.2) is 9.78 Å². The first-order valence-corrected chi connectivity index (χ1v) is 10.6. The molecule has 3 aromatic heterocycles. The van der Waals surface area contributed by atoms with Crippen molar-refractivity contribution in [3.63, 3.8) is 0 Å². The first-order valence-electron chi connectivity index (χ1n) is 10.6. The molecule has 3 heterocycles. The monoisotopic (exact) mass is 422 g/mol. The first-order chi connectivity index (χ1) is 15.1. The van der Waals surface area contributed by atoms with Crippen LogP contribution in [-0.4, -0.2) is 29.3 Å². The molecule has 4 aromatic rings. The van der Waals surface area contributed by atoms with E-state index < -0.39 is 0 Å². The van der Waals surface area contributed by atoms with E-state index in [1.54, 1.807) is 11.5 Å². The van der Waals surface area contributed by atoms with Gasteiger partial charge in [-0.2, -0.15) is 0 Å². The molecule has 0 aliphatic heterocycles. The molecule has 0 bridgehead atoms. The van der Waals surface area contributed by atoms with Crippen LogP contribution in [0.4, 0.5) is 0 Å². The van der Waals surface area contributed by atoms with E-state index in [1.165, 1.54) is 4.57 Å². The van der Waals surface area contributed by atoms with Gasteiger partial charge in [-0.15, -0.1) is 10.2 Å². The van der Waals surface area contributed by atoms with E-state index in [2.05, 4.69) is 27.1 Å². The Hall–Kier alpha value is -3.49. The molecule has 1 aromatic carbocycles. The van der Waals surface area contributed by atoms with E-state index >= 15 is 0 Å². The smallest absolute Gasteiger partial charge is 0.332 e. The number of aromatic nitrogens is 6. The predicted molar refractivity (Wildman–Crippen MR) is 116 cm³/mol. The molecule has 0 aliphatic rings. The number of aromatic amines is 1. The third-order valence-corrected chi connectivity index (χ3v) is 5.19. The Balaban J connectivity index is 1.49. The molecule has 0 saturated heterocycles. The van der Waals surface area contributed by atoms with E-state index in [9.17, 15) is 9.59 Å². The van der Waals surface area contributed by atoms with Crippen molar-refractivity contribution in [3.05, 3.63) is 74.3 Å². The summed E-state index contributed by atoms with van der Waals surface area (Å²) in [5.74, 6) is 1.67. The summed E-state index contributed by atoms with van der Waals surface area (Å²) in [7, 11) is 0. The van der Waals surface area contributed by atoms with Crippen LogP contribution in [0.2, 0.25) is 0 Å². The molecule has 162 valence electrons. The minimum absolute atomic E-state index is 0.272. The van der Waals surface area contributed by atoms with E-state index in [0.717, 1.165) is 18.4 Å². The fourth-order valence-corrected chi connectivity index (χ4v) is 3.62. The van der Waals surface area contributed by atoms with Crippen molar-refractivity contribution in [3.8, 4) is 0 Å². The number of fused-ring (bicyclic) bond motifs is 1. The molecule has 31 heavy (non-hydrogen) atoms. The van der Waals surface area contributed by atoms with Crippen molar-refractivity contribution >= 4 is 11.2 Å². The lowest BCUT2D eigenvalue weighted by atomic mass is 10.2. The molecule has 9 heteroatoms. The number of unbranched alkanes of at least 4 members (excludes halogenated alkanes) is 1. The minimum Gasteiger partial charge on any atom is -0.425 e. The lowest BCUT2D eigenvalue weighted by Gasteiger charge is -2.10. The summed E-state index contributed by atoms with van der Waals surface area (Å²) in [6.07, 6.45) is 3.38. The van der Waals surface area contributed by atoms with Gasteiger partial charge in [-0.05, 0) is 25.3 Å². The topological polar surface area (TPSA) is 112 Å².